The second kappa shape index (κ2) is 34.5. The summed E-state index contributed by atoms with van der Waals surface area (Å²) in [5.41, 5.74) is 5.42. The maximum atomic E-state index is 9.34. The summed E-state index contributed by atoms with van der Waals surface area (Å²) in [6, 6.07) is 43.3. The zero-order chi connectivity index (χ0) is 52.8. The van der Waals surface area contributed by atoms with Gasteiger partial charge in [0.05, 0.1) is 48.9 Å². The molecule has 8 heterocycles. The SMILES string of the molecule is O[C@@H]1CCN(Cc2ccccc2)C1.O[C@H]1CCN(Cc2ccccc2)C1.SCO[C@@H]1CCN(Cc2ccccc2)C1.SCO[C@H]1CCN(Cc2ccccc2)C1.c1cn([C@@H]2CCNC2)cn1.c1cn([C@H]2CCNC2)cn1. The van der Waals surface area contributed by atoms with E-state index in [2.05, 4.69) is 184 Å². The van der Waals surface area contributed by atoms with Gasteiger partial charge in [-0.05, 0) is 73.9 Å². The molecule has 412 valence electrons. The molecule has 6 atom stereocenters. The molecule has 76 heavy (non-hydrogen) atoms. The maximum absolute atomic E-state index is 9.34. The van der Waals surface area contributed by atoms with Gasteiger partial charge in [-0.2, -0.15) is 25.3 Å². The molecule has 0 spiro atoms. The first-order valence-corrected chi connectivity index (χ1v) is 28.9. The number of likely N-dealkylation sites (tertiary alicyclic amines) is 4. The minimum Gasteiger partial charge on any atom is -0.392 e. The smallest absolute Gasteiger partial charge is 0.0948 e. The van der Waals surface area contributed by atoms with E-state index in [1.807, 2.05) is 49.6 Å². The predicted octanol–water partition coefficient (Wildman–Crippen LogP) is 7.67. The van der Waals surface area contributed by atoms with Gasteiger partial charge in [0.25, 0.3) is 0 Å². The maximum Gasteiger partial charge on any atom is 0.0948 e. The number of thiol groups is 2. The van der Waals surface area contributed by atoms with Gasteiger partial charge < -0.3 is 39.5 Å². The van der Waals surface area contributed by atoms with Crippen molar-refractivity contribution in [2.24, 2.45) is 0 Å². The van der Waals surface area contributed by atoms with Gasteiger partial charge in [-0.3, -0.25) is 19.6 Å². The Hall–Kier alpha value is -4.40. The number of hydrogen-bond donors (Lipinski definition) is 6. The number of hydrogen-bond acceptors (Lipinski definition) is 14. The lowest BCUT2D eigenvalue weighted by Gasteiger charge is -2.15. The van der Waals surface area contributed by atoms with Crippen LogP contribution in [0.15, 0.2) is 159 Å². The van der Waals surface area contributed by atoms with Gasteiger partial charge in [0.1, 0.15) is 0 Å². The lowest BCUT2D eigenvalue weighted by atomic mass is 10.2. The molecule has 0 radical (unpaired) electrons. The molecule has 6 aliphatic heterocycles. The minimum atomic E-state index is -0.108. The third kappa shape index (κ3) is 22.2. The number of aliphatic hydroxyl groups excluding tert-OH is 2. The van der Waals surface area contributed by atoms with Gasteiger partial charge in [0.15, 0.2) is 0 Å². The second-order valence-corrected chi connectivity index (χ2v) is 21.0. The van der Waals surface area contributed by atoms with Gasteiger partial charge in [-0.25, -0.2) is 9.97 Å². The van der Waals surface area contributed by atoms with Crippen molar-refractivity contribution in [1.29, 1.82) is 0 Å². The van der Waals surface area contributed by atoms with Crippen molar-refractivity contribution in [1.82, 2.24) is 49.3 Å². The Balaban J connectivity index is 0.000000133. The zero-order valence-corrected chi connectivity index (χ0v) is 46.4. The highest BCUT2D eigenvalue weighted by molar-refractivity contribution is 7.80. The first kappa shape index (κ1) is 59.3. The normalized spacial score (nSPS) is 23.5. The molecule has 4 aromatic carbocycles. The quantitative estimate of drug-likeness (QED) is 0.0473. The number of imidazole rings is 2. The molecule has 16 heteroatoms. The average Bonchev–Trinajstić information content (AvgIpc) is 4.29. The van der Waals surface area contributed by atoms with E-state index in [4.69, 9.17) is 9.47 Å². The molecular formula is C60H86N10O4S2. The third-order valence-electron chi connectivity index (χ3n) is 14.5. The van der Waals surface area contributed by atoms with Crippen molar-refractivity contribution in [3.8, 4) is 0 Å². The van der Waals surface area contributed by atoms with Crippen LogP contribution in [0.4, 0.5) is 0 Å². The Labute approximate surface area is 464 Å². The van der Waals surface area contributed by atoms with E-state index in [0.717, 1.165) is 130 Å². The molecule has 0 unspecified atom stereocenters. The van der Waals surface area contributed by atoms with Crippen molar-refractivity contribution in [2.75, 3.05) is 90.4 Å². The number of ether oxygens (including phenoxy) is 2. The first-order valence-electron chi connectivity index (χ1n) is 27.6. The van der Waals surface area contributed by atoms with E-state index in [0.29, 0.717) is 36.2 Å². The van der Waals surface area contributed by atoms with Crippen LogP contribution in [0.25, 0.3) is 0 Å². The molecule has 4 N–H and O–H groups in total. The highest BCUT2D eigenvalue weighted by atomic mass is 32.1. The largest absolute Gasteiger partial charge is 0.392 e. The molecule has 0 saturated carbocycles. The standard InChI is InChI=1S/2C12H17NOS.2C11H15NO.2C7H11N3/c2*15-10-14-12-6-7-13(9-12)8-11-4-2-1-3-5-11;2*13-11-6-7-12(9-11)8-10-4-2-1-3-5-10;2*1-2-8-5-7(1)10-4-3-9-6-10/h2*1-5,12,15H,6-10H2;2*1-5,11,13H,6-9H2;2*3-4,6-8H,1-2,5H2/t2*12-;2*11-;2*7-/m101010/s1. The van der Waals surface area contributed by atoms with Crippen LogP contribution in [0.2, 0.25) is 0 Å². The van der Waals surface area contributed by atoms with Crippen LogP contribution in [0.5, 0.6) is 0 Å². The Morgan fingerprint density at radius 1 is 0.447 bits per heavy atom. The van der Waals surface area contributed by atoms with Crippen LogP contribution in [0.1, 0.15) is 72.9 Å². The molecule has 6 fully saturated rings. The number of rotatable bonds is 14. The summed E-state index contributed by atoms with van der Waals surface area (Å²) >= 11 is 8.17. The van der Waals surface area contributed by atoms with Crippen LogP contribution < -0.4 is 10.6 Å². The molecule has 6 aliphatic rings. The summed E-state index contributed by atoms with van der Waals surface area (Å²) in [5, 5.41) is 25.3. The number of aliphatic hydroxyl groups is 2. The minimum absolute atomic E-state index is 0.108. The third-order valence-corrected chi connectivity index (χ3v) is 14.8. The van der Waals surface area contributed by atoms with E-state index in [1.165, 1.54) is 35.1 Å². The van der Waals surface area contributed by atoms with Gasteiger partial charge >= 0.3 is 0 Å². The fraction of sp³-hybridized carbons (Fsp3) is 0.500. The van der Waals surface area contributed by atoms with E-state index in [9.17, 15) is 10.2 Å². The van der Waals surface area contributed by atoms with Crippen LogP contribution in [-0.2, 0) is 35.7 Å². The molecular weight excluding hydrogens is 989 g/mol. The zero-order valence-electron chi connectivity index (χ0n) is 44.6. The van der Waals surface area contributed by atoms with Crippen LogP contribution in [-0.4, -0.2) is 164 Å². The van der Waals surface area contributed by atoms with E-state index < -0.39 is 0 Å². The van der Waals surface area contributed by atoms with E-state index in [-0.39, 0.29) is 12.2 Å². The lowest BCUT2D eigenvalue weighted by molar-refractivity contribution is 0.0957. The molecule has 12 rings (SSSR count). The molecule has 0 amide bonds. The Morgan fingerprint density at radius 3 is 1.04 bits per heavy atom. The first-order chi connectivity index (χ1) is 37.4. The van der Waals surface area contributed by atoms with Crippen molar-refractivity contribution in [3.63, 3.8) is 0 Å². The molecule has 14 nitrogen and oxygen atoms in total. The van der Waals surface area contributed by atoms with E-state index in [1.54, 1.807) is 0 Å². The summed E-state index contributed by atoms with van der Waals surface area (Å²) in [4.78, 5) is 17.5. The lowest BCUT2D eigenvalue weighted by Crippen LogP contribution is -2.22. The van der Waals surface area contributed by atoms with Crippen molar-refractivity contribution < 1.29 is 19.7 Å². The van der Waals surface area contributed by atoms with Gasteiger partial charge in [0.2, 0.25) is 0 Å². The molecule has 0 aliphatic carbocycles. The summed E-state index contributed by atoms with van der Waals surface area (Å²) in [5.74, 6) is 1.06. The summed E-state index contributed by atoms with van der Waals surface area (Å²) in [6.07, 6.45) is 18.6. The van der Waals surface area contributed by atoms with Crippen molar-refractivity contribution >= 4 is 25.3 Å². The average molecular weight is 1080 g/mol. The number of nitrogens with zero attached hydrogens (tertiary/aromatic N) is 8. The fourth-order valence-corrected chi connectivity index (χ4v) is 10.8. The number of nitrogens with one attached hydrogen (secondary N) is 2. The number of aromatic nitrogens is 4. The highest BCUT2D eigenvalue weighted by Crippen LogP contribution is 2.19. The van der Waals surface area contributed by atoms with Gasteiger partial charge in [0, 0.05) is 128 Å². The monoisotopic (exact) mass is 1070 g/mol. The molecule has 0 bridgehead atoms. The van der Waals surface area contributed by atoms with Crippen LogP contribution in [0, 0.1) is 0 Å². The molecule has 2 aromatic heterocycles. The Morgan fingerprint density at radius 2 is 0.776 bits per heavy atom. The summed E-state index contributed by atoms with van der Waals surface area (Å²) in [6.45, 7) is 16.5. The second-order valence-electron chi connectivity index (χ2n) is 20.5. The number of benzene rings is 4. The van der Waals surface area contributed by atoms with Crippen molar-refractivity contribution in [3.05, 3.63) is 181 Å². The number of β-amino-alcohol motifs (C(OH)–C–C–N with tert-alkyl or cyclic N) is 2. The van der Waals surface area contributed by atoms with Gasteiger partial charge in [-0.15, -0.1) is 0 Å². The van der Waals surface area contributed by atoms with E-state index >= 15 is 0 Å². The Bertz CT molecular complexity index is 2170. The topological polar surface area (TPSA) is 132 Å². The highest BCUT2D eigenvalue weighted by Gasteiger charge is 2.24. The van der Waals surface area contributed by atoms with Crippen LogP contribution in [0.3, 0.4) is 0 Å². The van der Waals surface area contributed by atoms with Gasteiger partial charge in [-0.1, -0.05) is 121 Å². The Kier molecular flexibility index (Phi) is 26.9. The molecule has 6 saturated heterocycles. The fourth-order valence-electron chi connectivity index (χ4n) is 10.4. The predicted molar refractivity (Wildman–Crippen MR) is 312 cm³/mol. The van der Waals surface area contributed by atoms with Crippen LogP contribution >= 0.6 is 25.3 Å². The summed E-state index contributed by atoms with van der Waals surface area (Å²) < 4.78 is 15.3. The molecule has 6 aromatic rings. The summed E-state index contributed by atoms with van der Waals surface area (Å²) in [7, 11) is 0. The van der Waals surface area contributed by atoms with Crippen molar-refractivity contribution in [2.45, 2.75) is 101 Å².